The third-order valence-electron chi connectivity index (χ3n) is 3.66. The Balaban J connectivity index is 2.20. The molecular weight excluding hydrogens is 423 g/mol. The molecule has 0 heterocycles. The molecule has 28 heavy (non-hydrogen) atoms. The van der Waals surface area contributed by atoms with Gasteiger partial charge in [0, 0.05) is 6.54 Å². The van der Waals surface area contributed by atoms with Gasteiger partial charge in [0.05, 0.1) is 21.3 Å². The molecule has 0 unspecified atom stereocenters. The zero-order chi connectivity index (χ0) is 21.0. The number of carbonyl (C=O) groups excluding carboxylic acids is 2. The number of hydrogen-bond acceptors (Lipinski definition) is 2. The van der Waals surface area contributed by atoms with Crippen LogP contribution in [0.3, 0.4) is 0 Å². The summed E-state index contributed by atoms with van der Waals surface area (Å²) in [5.41, 5.74) is -0.785. The monoisotopic (exact) mass is 436 g/mol. The van der Waals surface area contributed by atoms with Crippen molar-refractivity contribution in [3.63, 3.8) is 0 Å². The molecule has 10 heteroatoms. The summed E-state index contributed by atoms with van der Waals surface area (Å²) in [7, 11) is 0. The van der Waals surface area contributed by atoms with E-state index in [2.05, 4.69) is 5.32 Å². The summed E-state index contributed by atoms with van der Waals surface area (Å²) in [5.74, 6) is -7.18. The number of nitrogens with one attached hydrogen (secondary N) is 1. The molecule has 0 aliphatic carbocycles. The van der Waals surface area contributed by atoms with Gasteiger partial charge in [-0.15, -0.1) is 0 Å². The third-order valence-corrected chi connectivity index (χ3v) is 4.27. The lowest BCUT2D eigenvalue weighted by atomic mass is 10.1. The fourth-order valence-corrected chi connectivity index (χ4v) is 2.83. The number of benzene rings is 2. The van der Waals surface area contributed by atoms with Gasteiger partial charge in [-0.2, -0.15) is 0 Å². The van der Waals surface area contributed by atoms with Crippen LogP contribution in [0.15, 0.2) is 24.3 Å². The molecule has 0 atom stereocenters. The molecule has 2 amide bonds. The number of amides is 2. The van der Waals surface area contributed by atoms with Crippen LogP contribution in [-0.2, 0) is 4.79 Å². The summed E-state index contributed by atoms with van der Waals surface area (Å²) in [6.07, 6.45) is 0.451. The van der Waals surface area contributed by atoms with Crippen molar-refractivity contribution in [1.29, 1.82) is 0 Å². The Morgan fingerprint density at radius 2 is 1.68 bits per heavy atom. The van der Waals surface area contributed by atoms with E-state index in [0.29, 0.717) is 12.5 Å². The molecule has 0 aliphatic rings. The largest absolute Gasteiger partial charge is 0.329 e. The van der Waals surface area contributed by atoms with Crippen LogP contribution in [0, 0.1) is 23.3 Å². The van der Waals surface area contributed by atoms with Gasteiger partial charge in [0.2, 0.25) is 5.91 Å². The van der Waals surface area contributed by atoms with Crippen molar-refractivity contribution in [2.75, 3.05) is 18.4 Å². The fraction of sp³-hybridized carbons (Fsp3) is 0.222. The van der Waals surface area contributed by atoms with Crippen molar-refractivity contribution in [2.24, 2.45) is 0 Å². The number of rotatable bonds is 6. The molecule has 1 N–H and O–H groups in total. The maximum Gasteiger partial charge on any atom is 0.255 e. The highest BCUT2D eigenvalue weighted by Gasteiger charge is 2.23. The smallest absolute Gasteiger partial charge is 0.255 e. The van der Waals surface area contributed by atoms with Crippen LogP contribution >= 0.6 is 23.2 Å². The molecule has 2 aromatic rings. The van der Waals surface area contributed by atoms with Crippen LogP contribution < -0.4 is 5.32 Å². The van der Waals surface area contributed by atoms with E-state index in [1.807, 2.05) is 0 Å². The Bertz CT molecular complexity index is 925. The average molecular weight is 437 g/mol. The first-order chi connectivity index (χ1) is 13.1. The second-order valence-corrected chi connectivity index (χ2v) is 6.56. The predicted molar refractivity (Wildman–Crippen MR) is 97.6 cm³/mol. The molecule has 150 valence electrons. The van der Waals surface area contributed by atoms with Crippen LogP contribution in [0.25, 0.3) is 0 Å². The van der Waals surface area contributed by atoms with Crippen LogP contribution in [0.1, 0.15) is 23.7 Å². The first-order valence-corrected chi connectivity index (χ1v) is 8.78. The SMILES string of the molecule is CCCN(CC(=O)Nc1ccc(F)c(F)c1F)C(=O)c1cc(F)c(Cl)cc1Cl. The first kappa shape index (κ1) is 22.0. The molecule has 4 nitrogen and oxygen atoms in total. The van der Waals surface area contributed by atoms with Gasteiger partial charge in [-0.1, -0.05) is 30.1 Å². The van der Waals surface area contributed by atoms with E-state index in [0.717, 1.165) is 23.1 Å². The Hall–Kier alpha value is -2.32. The molecule has 0 aromatic heterocycles. The van der Waals surface area contributed by atoms with Gasteiger partial charge in [-0.25, -0.2) is 17.6 Å². The lowest BCUT2D eigenvalue weighted by molar-refractivity contribution is -0.116. The van der Waals surface area contributed by atoms with E-state index in [-0.39, 0.29) is 22.2 Å². The van der Waals surface area contributed by atoms with Crippen molar-refractivity contribution < 1.29 is 27.2 Å². The summed E-state index contributed by atoms with van der Waals surface area (Å²) >= 11 is 11.5. The second-order valence-electron chi connectivity index (χ2n) is 5.74. The number of halogens is 6. The zero-order valence-corrected chi connectivity index (χ0v) is 16.0. The molecule has 0 saturated carbocycles. The summed E-state index contributed by atoms with van der Waals surface area (Å²) in [6.45, 7) is 1.29. The predicted octanol–water partition coefficient (Wildman–Crippen LogP) is 5.04. The lowest BCUT2D eigenvalue weighted by Gasteiger charge is -2.22. The van der Waals surface area contributed by atoms with E-state index in [1.165, 1.54) is 0 Å². The molecule has 0 fully saturated rings. The van der Waals surface area contributed by atoms with Crippen molar-refractivity contribution in [3.8, 4) is 0 Å². The normalized spacial score (nSPS) is 10.7. The highest BCUT2D eigenvalue weighted by molar-refractivity contribution is 6.36. The van der Waals surface area contributed by atoms with E-state index in [9.17, 15) is 27.2 Å². The summed E-state index contributed by atoms with van der Waals surface area (Å²) < 4.78 is 53.6. The van der Waals surface area contributed by atoms with Gasteiger partial charge in [0.15, 0.2) is 17.5 Å². The van der Waals surface area contributed by atoms with E-state index in [1.54, 1.807) is 6.92 Å². The van der Waals surface area contributed by atoms with Crippen LogP contribution in [0.5, 0.6) is 0 Å². The van der Waals surface area contributed by atoms with Crippen molar-refractivity contribution in [1.82, 2.24) is 4.90 Å². The van der Waals surface area contributed by atoms with Crippen molar-refractivity contribution in [2.45, 2.75) is 13.3 Å². The second kappa shape index (κ2) is 9.25. The minimum atomic E-state index is -1.73. The van der Waals surface area contributed by atoms with Gasteiger partial charge in [-0.05, 0) is 30.7 Å². The van der Waals surface area contributed by atoms with Crippen LogP contribution in [0.2, 0.25) is 10.0 Å². The third kappa shape index (κ3) is 4.94. The van der Waals surface area contributed by atoms with E-state index in [4.69, 9.17) is 23.2 Å². The molecule has 0 aliphatic heterocycles. The Morgan fingerprint density at radius 3 is 2.32 bits per heavy atom. The van der Waals surface area contributed by atoms with Gasteiger partial charge < -0.3 is 10.2 Å². The average Bonchev–Trinajstić information content (AvgIpc) is 2.64. The minimum Gasteiger partial charge on any atom is -0.329 e. The summed E-state index contributed by atoms with van der Waals surface area (Å²) in [6, 6.07) is 3.41. The molecule has 0 saturated heterocycles. The Kier molecular flexibility index (Phi) is 7.26. The van der Waals surface area contributed by atoms with Gasteiger partial charge in [0.25, 0.3) is 5.91 Å². The molecule has 2 aromatic carbocycles. The Morgan fingerprint density at radius 1 is 1.00 bits per heavy atom. The number of carbonyl (C=O) groups is 2. The minimum absolute atomic E-state index is 0.104. The maximum absolute atomic E-state index is 13.7. The number of anilines is 1. The topological polar surface area (TPSA) is 49.4 Å². The van der Waals surface area contributed by atoms with E-state index < -0.39 is 47.3 Å². The van der Waals surface area contributed by atoms with Crippen molar-refractivity contribution >= 4 is 40.7 Å². The highest BCUT2D eigenvalue weighted by atomic mass is 35.5. The van der Waals surface area contributed by atoms with Crippen molar-refractivity contribution in [3.05, 3.63) is 63.1 Å². The van der Waals surface area contributed by atoms with Gasteiger partial charge in [-0.3, -0.25) is 9.59 Å². The standard InChI is InChI=1S/C18H14Cl2F4N2O2/c1-2-5-26(18(28)9-6-13(22)11(20)7-10(9)19)8-15(27)25-14-4-3-12(21)16(23)17(14)24/h3-4,6-7H,2,5,8H2,1H3,(H,25,27). The quantitative estimate of drug-likeness (QED) is 0.391. The lowest BCUT2D eigenvalue weighted by Crippen LogP contribution is -2.38. The number of nitrogens with zero attached hydrogens (tertiary/aromatic N) is 1. The van der Waals surface area contributed by atoms with Gasteiger partial charge in [0.1, 0.15) is 12.4 Å². The van der Waals surface area contributed by atoms with Crippen LogP contribution in [0.4, 0.5) is 23.2 Å². The summed E-state index contributed by atoms with van der Waals surface area (Å²) in [5, 5.41) is 1.69. The highest BCUT2D eigenvalue weighted by Crippen LogP contribution is 2.26. The maximum atomic E-state index is 13.7. The fourth-order valence-electron chi connectivity index (χ4n) is 2.36. The number of hydrogen-bond donors (Lipinski definition) is 1. The Labute approximate surface area is 168 Å². The molecule has 0 radical (unpaired) electrons. The summed E-state index contributed by atoms with van der Waals surface area (Å²) in [4.78, 5) is 25.9. The zero-order valence-electron chi connectivity index (χ0n) is 14.5. The molecular formula is C18H14Cl2F4N2O2. The molecule has 2 rings (SSSR count). The van der Waals surface area contributed by atoms with E-state index >= 15 is 0 Å². The molecule has 0 spiro atoms. The van der Waals surface area contributed by atoms with Crippen LogP contribution in [-0.4, -0.2) is 29.8 Å². The molecule has 0 bridgehead atoms. The first-order valence-electron chi connectivity index (χ1n) is 8.02. The van der Waals surface area contributed by atoms with Gasteiger partial charge >= 0.3 is 0 Å².